The molecule has 2 rings (SSSR count). The molecular formula is C15H20N4O. The number of nitrogens with zero attached hydrogens (tertiary/aromatic N) is 2. The van der Waals surface area contributed by atoms with E-state index < -0.39 is 0 Å². The Labute approximate surface area is 118 Å². The van der Waals surface area contributed by atoms with Gasteiger partial charge in [-0.2, -0.15) is 0 Å². The summed E-state index contributed by atoms with van der Waals surface area (Å²) in [5.41, 5.74) is 6.89. The van der Waals surface area contributed by atoms with Crippen molar-refractivity contribution in [1.82, 2.24) is 9.55 Å². The summed E-state index contributed by atoms with van der Waals surface area (Å²) in [6.45, 7) is 4.30. The number of carbonyl (C=O) groups excluding carboxylic acids is 1. The minimum absolute atomic E-state index is 0.111. The normalized spacial score (nSPS) is 13.8. The Morgan fingerprint density at radius 3 is 2.70 bits per heavy atom. The van der Waals surface area contributed by atoms with E-state index in [0.29, 0.717) is 12.5 Å². The maximum Gasteiger partial charge on any atom is 0.231 e. The van der Waals surface area contributed by atoms with Crippen LogP contribution in [0, 0.1) is 5.92 Å². The molecule has 0 aliphatic carbocycles. The second-order valence-corrected chi connectivity index (χ2v) is 5.00. The molecule has 20 heavy (non-hydrogen) atoms. The van der Waals surface area contributed by atoms with Gasteiger partial charge in [-0.05, 0) is 12.5 Å². The van der Waals surface area contributed by atoms with Gasteiger partial charge in [-0.25, -0.2) is 4.98 Å². The van der Waals surface area contributed by atoms with Gasteiger partial charge in [0.25, 0.3) is 0 Å². The third-order valence-electron chi connectivity index (χ3n) is 3.35. The summed E-state index contributed by atoms with van der Waals surface area (Å²) in [7, 11) is 0. The monoisotopic (exact) mass is 272 g/mol. The Morgan fingerprint density at radius 1 is 1.35 bits per heavy atom. The predicted octanol–water partition coefficient (Wildman–Crippen LogP) is 1.85. The summed E-state index contributed by atoms with van der Waals surface area (Å²) < 4.78 is 1.90. The largest absolute Gasteiger partial charge is 0.327 e. The fourth-order valence-corrected chi connectivity index (χ4v) is 1.80. The Hall–Kier alpha value is -2.14. The first kappa shape index (κ1) is 14.3. The smallest absolute Gasteiger partial charge is 0.231 e. The number of nitrogens with one attached hydrogen (secondary N) is 1. The molecule has 3 N–H and O–H groups in total. The van der Waals surface area contributed by atoms with Crippen molar-refractivity contribution in [1.29, 1.82) is 0 Å². The molecule has 2 atom stereocenters. The molecule has 1 heterocycles. The highest BCUT2D eigenvalue weighted by atomic mass is 16.2. The number of amides is 1. The van der Waals surface area contributed by atoms with Crippen molar-refractivity contribution in [3.63, 3.8) is 0 Å². The first-order valence-electron chi connectivity index (χ1n) is 6.69. The number of aromatic nitrogens is 2. The van der Waals surface area contributed by atoms with Gasteiger partial charge in [0, 0.05) is 18.4 Å². The number of hydrogen-bond acceptors (Lipinski definition) is 3. The molecule has 0 radical (unpaired) electrons. The molecule has 5 nitrogen and oxygen atoms in total. The Morgan fingerprint density at radius 2 is 2.05 bits per heavy atom. The van der Waals surface area contributed by atoms with Gasteiger partial charge in [-0.15, -0.1) is 0 Å². The fraction of sp³-hybridized carbons (Fsp3) is 0.333. The van der Waals surface area contributed by atoms with E-state index in [2.05, 4.69) is 10.3 Å². The second kappa shape index (κ2) is 6.34. The number of hydrogen-bond donors (Lipinski definition) is 2. The van der Waals surface area contributed by atoms with Crippen LogP contribution in [0.15, 0.2) is 42.7 Å². The third-order valence-corrected chi connectivity index (χ3v) is 3.35. The lowest BCUT2D eigenvalue weighted by Gasteiger charge is -2.15. The molecule has 106 valence electrons. The summed E-state index contributed by atoms with van der Waals surface area (Å²) in [4.78, 5) is 16.2. The number of nitrogens with two attached hydrogens (primary N) is 1. The van der Waals surface area contributed by atoms with Gasteiger partial charge in [-0.1, -0.05) is 37.3 Å². The Bertz CT molecular complexity index is 562. The van der Waals surface area contributed by atoms with Crippen molar-refractivity contribution < 1.29 is 4.79 Å². The molecule has 0 aliphatic heterocycles. The Balaban J connectivity index is 2.07. The van der Waals surface area contributed by atoms with Gasteiger partial charge in [0.05, 0.1) is 12.5 Å². The minimum atomic E-state index is -0.253. The van der Waals surface area contributed by atoms with Gasteiger partial charge in [0.15, 0.2) is 0 Å². The van der Waals surface area contributed by atoms with Crippen LogP contribution in [0.5, 0.6) is 0 Å². The third kappa shape index (κ3) is 3.45. The highest BCUT2D eigenvalue weighted by Crippen LogP contribution is 2.11. The lowest BCUT2D eigenvalue weighted by atomic mass is 10.0. The molecule has 0 aliphatic rings. The summed E-state index contributed by atoms with van der Waals surface area (Å²) >= 11 is 0. The summed E-state index contributed by atoms with van der Waals surface area (Å²) in [6.07, 6.45) is 3.52. The van der Waals surface area contributed by atoms with Crippen LogP contribution in [0.1, 0.15) is 19.4 Å². The van der Waals surface area contributed by atoms with Gasteiger partial charge in [-0.3, -0.25) is 10.1 Å². The lowest BCUT2D eigenvalue weighted by molar-refractivity contribution is -0.119. The van der Waals surface area contributed by atoms with Crippen molar-refractivity contribution >= 4 is 11.9 Å². The molecule has 2 unspecified atom stereocenters. The molecule has 5 heteroatoms. The van der Waals surface area contributed by atoms with Crippen LogP contribution < -0.4 is 11.1 Å². The van der Waals surface area contributed by atoms with Gasteiger partial charge in [0.2, 0.25) is 11.9 Å². The molecule has 0 saturated carbocycles. The maximum atomic E-state index is 12.0. The molecule has 1 aromatic heterocycles. The number of anilines is 1. The van der Waals surface area contributed by atoms with E-state index in [4.69, 9.17) is 5.73 Å². The molecule has 2 aromatic rings. The number of carbonyl (C=O) groups is 1. The molecular weight excluding hydrogens is 252 g/mol. The van der Waals surface area contributed by atoms with Crippen LogP contribution in [0.3, 0.4) is 0 Å². The average Bonchev–Trinajstić information content (AvgIpc) is 2.86. The molecule has 0 saturated heterocycles. The zero-order chi connectivity index (χ0) is 14.5. The highest BCUT2D eigenvalue weighted by Gasteiger charge is 2.18. The molecule has 1 aromatic carbocycles. The van der Waals surface area contributed by atoms with E-state index in [1.807, 2.05) is 54.9 Å². The van der Waals surface area contributed by atoms with Gasteiger partial charge < -0.3 is 10.3 Å². The average molecular weight is 272 g/mol. The standard InChI is InChI=1S/C15H20N4O/c1-11(12(2)16)14(20)18-15-17-8-9-19(15)10-13-6-4-3-5-7-13/h3-9,11-12H,10,16H2,1-2H3,(H,17,18,20). The summed E-state index contributed by atoms with van der Waals surface area (Å²) in [5.74, 6) is 0.184. The molecule has 0 bridgehead atoms. The van der Waals surface area contributed by atoms with Crippen molar-refractivity contribution in [3.05, 3.63) is 48.3 Å². The van der Waals surface area contributed by atoms with Gasteiger partial charge in [0.1, 0.15) is 0 Å². The van der Waals surface area contributed by atoms with Crippen molar-refractivity contribution in [2.45, 2.75) is 26.4 Å². The van der Waals surface area contributed by atoms with Crippen LogP contribution in [0.4, 0.5) is 5.95 Å². The quantitative estimate of drug-likeness (QED) is 0.872. The highest BCUT2D eigenvalue weighted by molar-refractivity contribution is 5.91. The summed E-state index contributed by atoms with van der Waals surface area (Å²) in [6, 6.07) is 9.84. The fourth-order valence-electron chi connectivity index (χ4n) is 1.80. The maximum absolute atomic E-state index is 12.0. The van der Waals surface area contributed by atoms with E-state index in [1.54, 1.807) is 6.20 Å². The van der Waals surface area contributed by atoms with Crippen molar-refractivity contribution in [2.75, 3.05) is 5.32 Å². The number of imidazole rings is 1. The Kier molecular flexibility index (Phi) is 4.53. The van der Waals surface area contributed by atoms with Crippen LogP contribution in [0.25, 0.3) is 0 Å². The van der Waals surface area contributed by atoms with E-state index >= 15 is 0 Å². The SMILES string of the molecule is CC(N)C(C)C(=O)Nc1nccn1Cc1ccccc1. The first-order valence-corrected chi connectivity index (χ1v) is 6.69. The minimum Gasteiger partial charge on any atom is -0.327 e. The van der Waals surface area contributed by atoms with Crippen LogP contribution >= 0.6 is 0 Å². The van der Waals surface area contributed by atoms with Crippen LogP contribution in [-0.4, -0.2) is 21.5 Å². The number of benzene rings is 1. The van der Waals surface area contributed by atoms with Crippen LogP contribution in [-0.2, 0) is 11.3 Å². The van der Waals surface area contributed by atoms with Crippen molar-refractivity contribution in [3.8, 4) is 0 Å². The van der Waals surface area contributed by atoms with E-state index in [9.17, 15) is 4.79 Å². The lowest BCUT2D eigenvalue weighted by Crippen LogP contribution is -2.35. The summed E-state index contributed by atoms with van der Waals surface area (Å²) in [5, 5.41) is 2.82. The topological polar surface area (TPSA) is 72.9 Å². The molecule has 0 fully saturated rings. The number of rotatable bonds is 5. The van der Waals surface area contributed by atoms with E-state index in [0.717, 1.165) is 5.56 Å². The zero-order valence-electron chi connectivity index (χ0n) is 11.8. The first-order chi connectivity index (χ1) is 9.58. The van der Waals surface area contributed by atoms with E-state index in [1.165, 1.54) is 0 Å². The second-order valence-electron chi connectivity index (χ2n) is 5.00. The van der Waals surface area contributed by atoms with E-state index in [-0.39, 0.29) is 17.9 Å². The molecule has 1 amide bonds. The predicted molar refractivity (Wildman–Crippen MR) is 79.2 cm³/mol. The van der Waals surface area contributed by atoms with Gasteiger partial charge >= 0.3 is 0 Å². The zero-order valence-corrected chi connectivity index (χ0v) is 11.8. The van der Waals surface area contributed by atoms with Crippen LogP contribution in [0.2, 0.25) is 0 Å². The van der Waals surface area contributed by atoms with Crippen molar-refractivity contribution in [2.24, 2.45) is 11.7 Å². The molecule has 0 spiro atoms.